The van der Waals surface area contributed by atoms with Crippen LogP contribution < -0.4 is 0 Å². The minimum atomic E-state index is -2.35. The molecule has 0 saturated carbocycles. The Hall–Kier alpha value is -5.54. The van der Waals surface area contributed by atoms with Crippen LogP contribution >= 0.6 is 0 Å². The van der Waals surface area contributed by atoms with Crippen LogP contribution in [0.25, 0.3) is 71.6 Å². The van der Waals surface area contributed by atoms with Gasteiger partial charge in [-0.2, -0.15) is 0 Å². The molecule has 8 aromatic rings. The van der Waals surface area contributed by atoms with Gasteiger partial charge in [-0.3, -0.25) is 9.55 Å². The van der Waals surface area contributed by atoms with E-state index in [9.17, 15) is 0 Å². The van der Waals surface area contributed by atoms with Crippen LogP contribution in [0.15, 0.2) is 146 Å². The lowest BCUT2D eigenvalue weighted by atomic mass is 9.85. The van der Waals surface area contributed by atoms with Crippen LogP contribution in [0.3, 0.4) is 0 Å². The summed E-state index contributed by atoms with van der Waals surface area (Å²) in [5, 5.41) is 4.67. The molecule has 0 saturated heterocycles. The number of pyridine rings is 1. The molecule has 3 nitrogen and oxygen atoms in total. The maximum absolute atomic E-state index is 8.15. The maximum Gasteiger partial charge on any atom is 0.111 e. The zero-order valence-corrected chi connectivity index (χ0v) is 22.7. The summed E-state index contributed by atoms with van der Waals surface area (Å²) in [5.74, 6) is 0.0613. The molecule has 0 radical (unpaired) electrons. The average molecular weight is 541 g/mol. The second-order valence-corrected chi connectivity index (χ2v) is 10.5. The Labute approximate surface area is 248 Å². The van der Waals surface area contributed by atoms with Gasteiger partial charge >= 0.3 is 0 Å². The molecule has 8 rings (SSSR count). The van der Waals surface area contributed by atoms with Crippen LogP contribution in [0.2, 0.25) is 0 Å². The summed E-state index contributed by atoms with van der Waals surface area (Å²) in [5.41, 5.74) is 8.97. The van der Waals surface area contributed by atoms with Crippen molar-refractivity contribution < 1.29 is 4.11 Å². The number of benzene rings is 6. The van der Waals surface area contributed by atoms with E-state index in [0.717, 1.165) is 49.8 Å². The third-order valence-corrected chi connectivity index (χ3v) is 8.07. The van der Waals surface area contributed by atoms with Crippen molar-refractivity contribution in [3.05, 3.63) is 152 Å². The SMILES string of the molecule is [2H]C([2H])([2H])c1nc2ccccc2n1-c1ccc(-c2c3ccccc3c(-c3ccc(-c4cccnc4)cc3)c3ccccc23)cc1. The molecule has 198 valence electrons. The zero-order chi connectivity index (χ0) is 30.5. The molecule has 2 aromatic heterocycles. The van der Waals surface area contributed by atoms with Crippen molar-refractivity contribution >= 4 is 32.6 Å². The Bertz CT molecular complexity index is 2280. The lowest BCUT2D eigenvalue weighted by Crippen LogP contribution is -1.97. The molecule has 2 heterocycles. The van der Waals surface area contributed by atoms with Crippen LogP contribution in [0.4, 0.5) is 0 Å². The Morgan fingerprint density at radius 2 is 1.07 bits per heavy atom. The number of aryl methyl sites for hydroxylation is 1. The van der Waals surface area contributed by atoms with Crippen LogP contribution in [0.5, 0.6) is 0 Å². The van der Waals surface area contributed by atoms with E-state index in [1.807, 2.05) is 48.7 Å². The van der Waals surface area contributed by atoms with Gasteiger partial charge in [0.1, 0.15) is 5.82 Å². The second-order valence-electron chi connectivity index (χ2n) is 10.5. The van der Waals surface area contributed by atoms with E-state index in [1.165, 1.54) is 16.3 Å². The summed E-state index contributed by atoms with van der Waals surface area (Å²) in [4.78, 5) is 8.76. The van der Waals surface area contributed by atoms with E-state index in [1.54, 1.807) is 10.8 Å². The van der Waals surface area contributed by atoms with Crippen molar-refractivity contribution in [1.82, 2.24) is 14.5 Å². The van der Waals surface area contributed by atoms with Crippen molar-refractivity contribution in [3.8, 4) is 39.1 Å². The van der Waals surface area contributed by atoms with Crippen LogP contribution in [-0.4, -0.2) is 14.5 Å². The Morgan fingerprint density at radius 3 is 1.64 bits per heavy atom. The van der Waals surface area contributed by atoms with Gasteiger partial charge in [0.05, 0.1) is 11.0 Å². The maximum atomic E-state index is 8.15. The first kappa shape index (κ1) is 21.2. The van der Waals surface area contributed by atoms with Crippen molar-refractivity contribution in [2.24, 2.45) is 0 Å². The molecule has 0 fully saturated rings. The van der Waals surface area contributed by atoms with Gasteiger partial charge in [0.15, 0.2) is 0 Å². The molecule has 6 aromatic carbocycles. The van der Waals surface area contributed by atoms with Gasteiger partial charge in [0, 0.05) is 22.2 Å². The smallest absolute Gasteiger partial charge is 0.111 e. The molecule has 0 bridgehead atoms. The summed E-state index contributed by atoms with van der Waals surface area (Å²) < 4.78 is 26.2. The van der Waals surface area contributed by atoms with E-state index in [4.69, 9.17) is 4.11 Å². The van der Waals surface area contributed by atoms with Crippen LogP contribution in [0, 0.1) is 6.85 Å². The zero-order valence-electron chi connectivity index (χ0n) is 25.7. The van der Waals surface area contributed by atoms with Crippen molar-refractivity contribution in [2.45, 2.75) is 6.85 Å². The second kappa shape index (κ2) is 9.83. The number of fused-ring (bicyclic) bond motifs is 3. The van der Waals surface area contributed by atoms with Gasteiger partial charge < -0.3 is 0 Å². The molecule has 0 amide bonds. The number of nitrogens with zero attached hydrogens (tertiary/aromatic N) is 3. The van der Waals surface area contributed by atoms with E-state index in [0.29, 0.717) is 5.52 Å². The first-order valence-electron chi connectivity index (χ1n) is 15.5. The van der Waals surface area contributed by atoms with Gasteiger partial charge in [-0.1, -0.05) is 103 Å². The standard InChI is InChI=1S/C39H27N3/c1-26-41-36-14-6-7-15-37(36)42(26)31-22-20-29(21-23-31)39-34-12-4-2-10-32(34)38(33-11-3-5-13-35(33)39)28-18-16-27(17-19-28)30-9-8-24-40-25-30/h2-25H,1H3/i1D3. The topological polar surface area (TPSA) is 30.7 Å². The lowest BCUT2D eigenvalue weighted by molar-refractivity contribution is 1.00. The van der Waals surface area contributed by atoms with E-state index in [-0.39, 0.29) is 5.82 Å². The predicted molar refractivity (Wildman–Crippen MR) is 175 cm³/mol. The molecule has 0 aliphatic rings. The van der Waals surface area contributed by atoms with Crippen molar-refractivity contribution in [1.29, 1.82) is 0 Å². The van der Waals surface area contributed by atoms with Crippen LogP contribution in [-0.2, 0) is 0 Å². The largest absolute Gasteiger partial charge is 0.297 e. The lowest BCUT2D eigenvalue weighted by Gasteiger charge is -2.18. The Balaban J connectivity index is 1.30. The highest BCUT2D eigenvalue weighted by Gasteiger charge is 2.17. The van der Waals surface area contributed by atoms with Crippen molar-refractivity contribution in [2.75, 3.05) is 0 Å². The molecule has 0 spiro atoms. The average Bonchev–Trinajstić information content (AvgIpc) is 3.49. The fourth-order valence-corrected chi connectivity index (χ4v) is 6.18. The third-order valence-electron chi connectivity index (χ3n) is 8.07. The summed E-state index contributed by atoms with van der Waals surface area (Å²) in [6.07, 6.45) is 3.68. The van der Waals surface area contributed by atoms with Crippen LogP contribution in [0.1, 0.15) is 9.94 Å². The summed E-state index contributed by atoms with van der Waals surface area (Å²) in [6, 6.07) is 45.6. The highest BCUT2D eigenvalue weighted by Crippen LogP contribution is 2.44. The monoisotopic (exact) mass is 540 g/mol. The number of aromatic nitrogens is 3. The number of hydrogen-bond acceptors (Lipinski definition) is 2. The molecule has 3 heteroatoms. The number of rotatable bonds is 4. The normalized spacial score (nSPS) is 12.8. The molecule has 0 N–H and O–H groups in total. The summed E-state index contributed by atoms with van der Waals surface area (Å²) >= 11 is 0. The van der Waals surface area contributed by atoms with Gasteiger partial charge in [0.25, 0.3) is 0 Å². The quantitative estimate of drug-likeness (QED) is 0.208. The van der Waals surface area contributed by atoms with Gasteiger partial charge in [-0.25, -0.2) is 4.98 Å². The summed E-state index contributed by atoms with van der Waals surface area (Å²) in [7, 11) is 0. The Kier molecular flexibility index (Phi) is 4.97. The van der Waals surface area contributed by atoms with Crippen molar-refractivity contribution in [3.63, 3.8) is 0 Å². The van der Waals surface area contributed by atoms with Gasteiger partial charge in [-0.05, 0) is 92.1 Å². The van der Waals surface area contributed by atoms with Gasteiger partial charge in [0.2, 0.25) is 0 Å². The number of para-hydroxylation sites is 2. The van der Waals surface area contributed by atoms with E-state index >= 15 is 0 Å². The molecule has 0 aliphatic heterocycles. The Morgan fingerprint density at radius 1 is 0.524 bits per heavy atom. The molecule has 42 heavy (non-hydrogen) atoms. The first-order chi connectivity index (χ1) is 22.0. The highest BCUT2D eigenvalue weighted by atomic mass is 15.1. The third kappa shape index (κ3) is 3.90. The molecule has 0 atom stereocenters. The summed E-state index contributed by atoms with van der Waals surface area (Å²) in [6.45, 7) is -2.35. The molecular formula is C39H27N3. The van der Waals surface area contributed by atoms with E-state index < -0.39 is 6.85 Å². The minimum Gasteiger partial charge on any atom is -0.297 e. The minimum absolute atomic E-state index is 0.0613. The molecule has 0 aliphatic carbocycles. The van der Waals surface area contributed by atoms with E-state index in [2.05, 4.69) is 101 Å². The fraction of sp³-hybridized carbons (Fsp3) is 0.0256. The highest BCUT2D eigenvalue weighted by molar-refractivity contribution is 6.21. The predicted octanol–water partition coefficient (Wildman–Crippen LogP) is 10.0. The molecule has 0 unspecified atom stereocenters. The fourth-order valence-electron chi connectivity index (χ4n) is 6.18. The number of imidazole rings is 1. The molecular weight excluding hydrogens is 510 g/mol. The first-order valence-corrected chi connectivity index (χ1v) is 14.0. The van der Waals surface area contributed by atoms with Gasteiger partial charge in [-0.15, -0.1) is 0 Å². The number of hydrogen-bond donors (Lipinski definition) is 0.